The third-order valence-corrected chi connectivity index (χ3v) is 20.9. The highest BCUT2D eigenvalue weighted by molar-refractivity contribution is 6.90. The Hall–Kier alpha value is -8.94. The molecule has 8 amide bonds. The van der Waals surface area contributed by atoms with Crippen LogP contribution in [0.3, 0.4) is 0 Å². The Bertz CT molecular complexity index is 2870. The number of carbonyl (C=O) groups is 15. The van der Waals surface area contributed by atoms with Gasteiger partial charge in [-0.15, -0.1) is 0 Å². The summed E-state index contributed by atoms with van der Waals surface area (Å²) in [5.74, 6) is -15.6. The Labute approximate surface area is 560 Å². The molecule has 0 unspecified atom stereocenters. The smallest absolute Gasteiger partial charge is 0.326 e. The zero-order chi connectivity index (χ0) is 73.4. The first-order valence-corrected chi connectivity index (χ1v) is 33.4. The molecule has 1 aliphatic heterocycles. The van der Waals surface area contributed by atoms with E-state index in [0.717, 1.165) is 0 Å². The van der Waals surface area contributed by atoms with E-state index in [2.05, 4.69) is 31.9 Å². The molecule has 35 nitrogen and oxygen atoms in total. The number of hydrogen-bond donors (Lipinski definition) is 16. The fraction of sp³-hybridized carbons (Fsp3) is 0.650. The number of unbranched alkanes of at least 4 members (excludes halogenated alkanes) is 1. The average Bonchev–Trinajstić information content (AvgIpc) is 0.749. The predicted octanol–water partition coefficient (Wildman–Crippen LogP) is -1.95. The van der Waals surface area contributed by atoms with Gasteiger partial charge >= 0.3 is 53.8 Å². The van der Waals surface area contributed by atoms with E-state index in [-0.39, 0.29) is 129 Å². The third kappa shape index (κ3) is 32.1. The molecule has 1 fully saturated rings. The van der Waals surface area contributed by atoms with E-state index in [9.17, 15) is 108 Å². The molecule has 5 atom stereocenters. The van der Waals surface area contributed by atoms with Crippen molar-refractivity contribution in [1.29, 1.82) is 0 Å². The second-order valence-corrected chi connectivity index (χ2v) is 30.3. The van der Waals surface area contributed by atoms with Gasteiger partial charge in [-0.3, -0.25) is 67.5 Å². The molecule has 0 aromatic heterocycles. The fourth-order valence-electron chi connectivity index (χ4n) is 10.7. The molecular weight excluding hydrogens is 1300 g/mol. The van der Waals surface area contributed by atoms with Crippen molar-refractivity contribution in [3.63, 3.8) is 0 Å². The Morgan fingerprint density at radius 3 is 1.20 bits per heavy atom. The molecule has 1 aromatic rings. The van der Waals surface area contributed by atoms with E-state index < -0.39 is 183 Å². The number of carboxylic acids is 8. The fourth-order valence-corrected chi connectivity index (χ4v) is 15.3. The molecule has 1 aliphatic rings. The molecule has 0 saturated carbocycles. The summed E-state index contributed by atoms with van der Waals surface area (Å²) in [6.45, 7) is 9.36. The quantitative estimate of drug-likeness (QED) is 0.0193. The summed E-state index contributed by atoms with van der Waals surface area (Å²) in [7, 11) is -3.78. The lowest BCUT2D eigenvalue weighted by Crippen LogP contribution is -2.58. The molecule has 37 heteroatoms. The Kier molecular flexibility index (Phi) is 35.8. The van der Waals surface area contributed by atoms with Crippen molar-refractivity contribution in [1.82, 2.24) is 62.1 Å². The van der Waals surface area contributed by atoms with Crippen LogP contribution >= 0.6 is 0 Å². The molecule has 544 valence electrons. The van der Waals surface area contributed by atoms with E-state index in [1.807, 2.05) is 10.6 Å². The molecule has 2 rings (SSSR count). The summed E-state index contributed by atoms with van der Waals surface area (Å²) in [6, 6.07) is -3.56. The summed E-state index contributed by atoms with van der Waals surface area (Å²) in [5.41, 5.74) is 0.00322. The number of benzene rings is 1. The predicted molar refractivity (Wildman–Crippen MR) is 343 cm³/mol. The van der Waals surface area contributed by atoms with Gasteiger partial charge in [-0.1, -0.05) is 53.7 Å². The number of nitrogens with zero attached hydrogens (tertiary/aromatic N) is 4. The van der Waals surface area contributed by atoms with Gasteiger partial charge in [0.2, 0.25) is 29.5 Å². The standard InChI is InChI=1S/C60H95FN12O23Si/c1-59(2,3)97(61,60(4,5)6)38-14-12-37(13-15-38)52(86)67-43(32-64-47(77)33-70-24-26-71(34-49(80)81)28-30-73(36-51(84)85)31-29-72(27-25-70)35-50(82)83)53(87)66-40(55(90)91)10-7-8-22-62-44(74)19-20-45(75)63-23-9-11-39(54(88)89)65-46(76)18-16-41(56(92)93)68-58(96)69-42(57(94)95)17-21-48(78)79/h12-15,39-43H,7-11,16-36H2,1-6H3,(H,62,74)(H,63,75)(H,64,77)(H,65,76)(H,66,87)(H,67,86)(H,78,79)(H,80,81)(H,82,83)(H,84,85)(H,88,89)(H,90,91)(H,92,93)(H,94,95)(H2,68,69,96)/t39-,40+,41+,42+,43-/m1/s1. The average molecular weight is 1400 g/mol. The minimum Gasteiger partial charge on any atom is -0.481 e. The number of urea groups is 1. The number of carboxylic acid groups (broad SMARTS) is 8. The van der Waals surface area contributed by atoms with Crippen LogP contribution in [-0.4, -0.2) is 286 Å². The lowest BCUT2D eigenvalue weighted by molar-refractivity contribution is -0.142. The third-order valence-electron chi connectivity index (χ3n) is 15.7. The van der Waals surface area contributed by atoms with Crippen LogP contribution in [0.4, 0.5) is 8.90 Å². The molecule has 0 radical (unpaired) electrons. The number of rotatable bonds is 40. The Morgan fingerprint density at radius 1 is 0.412 bits per heavy atom. The van der Waals surface area contributed by atoms with Crippen LogP contribution in [0.15, 0.2) is 24.3 Å². The monoisotopic (exact) mass is 1400 g/mol. The van der Waals surface area contributed by atoms with Gasteiger partial charge in [-0.25, -0.2) is 24.0 Å². The normalized spacial score (nSPS) is 15.5. The molecule has 1 heterocycles. The van der Waals surface area contributed by atoms with Crippen LogP contribution in [0.5, 0.6) is 0 Å². The van der Waals surface area contributed by atoms with Gasteiger partial charge in [0.05, 0.1) is 26.2 Å². The van der Waals surface area contributed by atoms with Gasteiger partial charge in [-0.2, -0.15) is 0 Å². The molecule has 1 aromatic carbocycles. The summed E-state index contributed by atoms with van der Waals surface area (Å²) >= 11 is 0. The number of halogens is 1. The van der Waals surface area contributed by atoms with E-state index in [0.29, 0.717) is 5.19 Å². The molecule has 1 saturated heterocycles. The second kappa shape index (κ2) is 41.2. The first-order valence-electron chi connectivity index (χ1n) is 31.5. The van der Waals surface area contributed by atoms with Crippen LogP contribution in [-0.2, 0) is 62.3 Å². The van der Waals surface area contributed by atoms with Crippen molar-refractivity contribution < 1.29 is 117 Å². The van der Waals surface area contributed by atoms with E-state index in [4.69, 9.17) is 5.11 Å². The zero-order valence-electron chi connectivity index (χ0n) is 55.4. The lowest BCUT2D eigenvalue weighted by Gasteiger charge is -2.44. The van der Waals surface area contributed by atoms with Crippen molar-refractivity contribution in [3.05, 3.63) is 29.8 Å². The number of amides is 8. The van der Waals surface area contributed by atoms with Gasteiger partial charge in [0.1, 0.15) is 30.2 Å². The van der Waals surface area contributed by atoms with Crippen LogP contribution in [0.25, 0.3) is 0 Å². The molecule has 0 aliphatic carbocycles. The van der Waals surface area contributed by atoms with Crippen LogP contribution in [0, 0.1) is 0 Å². The topological polar surface area (TPSA) is 527 Å². The first-order chi connectivity index (χ1) is 45.2. The highest BCUT2D eigenvalue weighted by atomic mass is 28.4. The van der Waals surface area contributed by atoms with Crippen LogP contribution < -0.4 is 47.7 Å². The van der Waals surface area contributed by atoms with Crippen molar-refractivity contribution in [2.75, 3.05) is 98.2 Å². The summed E-state index contributed by atoms with van der Waals surface area (Å²) in [5, 5.41) is 93.8. The Morgan fingerprint density at radius 2 is 0.794 bits per heavy atom. The maximum absolute atomic E-state index is 17.2. The first kappa shape index (κ1) is 84.1. The van der Waals surface area contributed by atoms with Crippen molar-refractivity contribution in [3.8, 4) is 0 Å². The molecule has 0 spiro atoms. The van der Waals surface area contributed by atoms with E-state index in [1.54, 1.807) is 61.1 Å². The number of aliphatic carboxylic acids is 8. The van der Waals surface area contributed by atoms with Crippen molar-refractivity contribution in [2.24, 2.45) is 0 Å². The minimum atomic E-state index is -3.78. The summed E-state index contributed by atoms with van der Waals surface area (Å²) < 4.78 is 17.2. The highest BCUT2D eigenvalue weighted by Crippen LogP contribution is 2.51. The maximum atomic E-state index is 17.2. The van der Waals surface area contributed by atoms with E-state index >= 15 is 4.11 Å². The summed E-state index contributed by atoms with van der Waals surface area (Å²) in [6.07, 6.45) is -3.00. The number of carbonyl (C=O) groups excluding carboxylic acids is 7. The van der Waals surface area contributed by atoms with E-state index in [1.165, 1.54) is 24.3 Å². The van der Waals surface area contributed by atoms with Crippen LogP contribution in [0.1, 0.15) is 123 Å². The van der Waals surface area contributed by atoms with Crippen molar-refractivity contribution >= 4 is 103 Å². The second-order valence-electron chi connectivity index (χ2n) is 25.4. The lowest BCUT2D eigenvalue weighted by atomic mass is 10.1. The van der Waals surface area contributed by atoms with Crippen LogP contribution in [0.2, 0.25) is 10.1 Å². The van der Waals surface area contributed by atoms with Gasteiger partial charge in [0.15, 0.2) is 0 Å². The Balaban J connectivity index is 2.09. The SMILES string of the molecule is CC(C)(C)[Si](F)(c1ccc(C(=O)N[C@H](CNC(=O)CN2CCN(CC(=O)O)CCN(CC(=O)O)CCN(CC(=O)O)CC2)C(=O)N[C@@H](CCCCNC(=O)CCC(=O)NCCC[C@@H](NC(=O)CC[C@H](NC(=O)N[C@@H](CCC(=O)O)C(=O)O)C(=O)O)C(=O)O)C(=O)O)cc1)C(C)(C)C. The zero-order valence-corrected chi connectivity index (χ0v) is 56.4. The minimum absolute atomic E-state index is 0.00322. The molecule has 97 heavy (non-hydrogen) atoms. The molecule has 16 N–H and O–H groups in total. The summed E-state index contributed by atoms with van der Waals surface area (Å²) in [4.78, 5) is 192. The number of hydrogen-bond acceptors (Lipinski definition) is 19. The van der Waals surface area contributed by atoms with Gasteiger partial charge < -0.3 is 87.5 Å². The van der Waals surface area contributed by atoms with Gasteiger partial charge in [0.25, 0.3) is 14.3 Å². The molecular formula is C60H95FN12O23Si. The highest BCUT2D eigenvalue weighted by Gasteiger charge is 2.56. The molecule has 0 bridgehead atoms. The van der Waals surface area contributed by atoms with Gasteiger partial charge in [-0.05, 0) is 72.3 Å². The largest absolute Gasteiger partial charge is 0.481 e. The number of nitrogens with one attached hydrogen (secondary N) is 8. The van der Waals surface area contributed by atoms with Crippen molar-refractivity contribution in [2.45, 2.75) is 152 Å². The maximum Gasteiger partial charge on any atom is 0.326 e. The van der Waals surface area contributed by atoms with Gasteiger partial charge in [0, 0.05) is 103 Å².